The molecule has 5 rings (SSSR count). The van der Waals surface area contributed by atoms with Crippen LogP contribution in [0.2, 0.25) is 15.2 Å². The SMILES string of the molecule is O=C(NCc1ccnc(Cl)c1)n1c2c(c3ccc(OC(F)(F)F)cc31)CN(CC=Cc1ccc(Cl)c(Cl)c1)CC2. The Hall–Kier alpha value is -3.24. The van der Waals surface area contributed by atoms with Crippen LogP contribution in [0.15, 0.2) is 60.8 Å². The van der Waals surface area contributed by atoms with Crippen LogP contribution < -0.4 is 10.1 Å². The Labute approximate surface area is 242 Å². The summed E-state index contributed by atoms with van der Waals surface area (Å²) in [6.45, 7) is 1.95. The highest BCUT2D eigenvalue weighted by atomic mass is 35.5. The van der Waals surface area contributed by atoms with E-state index in [9.17, 15) is 18.0 Å². The molecule has 0 atom stereocenters. The molecule has 0 saturated carbocycles. The summed E-state index contributed by atoms with van der Waals surface area (Å²) in [5.41, 5.74) is 3.61. The second kappa shape index (κ2) is 11.7. The number of amides is 1. The minimum absolute atomic E-state index is 0.167. The molecule has 1 aliphatic rings. The number of hydrogen-bond acceptors (Lipinski definition) is 4. The van der Waals surface area contributed by atoms with E-state index in [1.807, 2.05) is 18.2 Å². The monoisotopic (exact) mass is 608 g/mol. The normalized spacial score (nSPS) is 14.1. The molecule has 0 bridgehead atoms. The average molecular weight is 610 g/mol. The first kappa shape index (κ1) is 28.3. The number of aromatic nitrogens is 2. The maximum absolute atomic E-state index is 13.4. The van der Waals surface area contributed by atoms with Gasteiger partial charge in [0.15, 0.2) is 0 Å². The number of carbonyl (C=O) groups is 1. The summed E-state index contributed by atoms with van der Waals surface area (Å²) in [6, 6.07) is 12.3. The predicted molar refractivity (Wildman–Crippen MR) is 150 cm³/mol. The molecule has 40 heavy (non-hydrogen) atoms. The van der Waals surface area contributed by atoms with Crippen LogP contribution in [0.3, 0.4) is 0 Å². The van der Waals surface area contributed by atoms with Gasteiger partial charge in [-0.2, -0.15) is 0 Å². The lowest BCUT2D eigenvalue weighted by Gasteiger charge is -2.27. The lowest BCUT2D eigenvalue weighted by molar-refractivity contribution is -0.274. The third-order valence-electron chi connectivity index (χ3n) is 6.49. The summed E-state index contributed by atoms with van der Waals surface area (Å²) in [6.07, 6.45) is 1.15. The van der Waals surface area contributed by atoms with Gasteiger partial charge >= 0.3 is 12.4 Å². The number of alkyl halides is 3. The number of carbonyl (C=O) groups excluding carboxylic acids is 1. The summed E-state index contributed by atoms with van der Waals surface area (Å²) >= 11 is 18.0. The molecule has 0 unspecified atom stereocenters. The van der Waals surface area contributed by atoms with Gasteiger partial charge in [-0.05, 0) is 53.1 Å². The van der Waals surface area contributed by atoms with Crippen molar-refractivity contribution in [2.75, 3.05) is 13.1 Å². The summed E-state index contributed by atoms with van der Waals surface area (Å²) in [5, 5.41) is 4.77. The Morgan fingerprint density at radius 2 is 1.90 bits per heavy atom. The number of pyridine rings is 1. The van der Waals surface area contributed by atoms with Crippen LogP contribution in [0.5, 0.6) is 5.75 Å². The zero-order valence-corrected chi connectivity index (χ0v) is 23.1. The Morgan fingerprint density at radius 3 is 2.65 bits per heavy atom. The van der Waals surface area contributed by atoms with Crippen molar-refractivity contribution >= 4 is 57.8 Å². The summed E-state index contributed by atoms with van der Waals surface area (Å²) in [7, 11) is 0. The molecular weight excluding hydrogens is 588 g/mol. The molecule has 4 aromatic rings. The quantitative estimate of drug-likeness (QED) is 0.227. The van der Waals surface area contributed by atoms with Crippen molar-refractivity contribution in [3.8, 4) is 5.75 Å². The number of nitrogens with zero attached hydrogens (tertiary/aromatic N) is 3. The summed E-state index contributed by atoms with van der Waals surface area (Å²) in [4.78, 5) is 19.5. The van der Waals surface area contributed by atoms with E-state index in [0.29, 0.717) is 47.0 Å². The molecule has 0 radical (unpaired) electrons. The van der Waals surface area contributed by atoms with Gasteiger partial charge in [-0.15, -0.1) is 13.2 Å². The molecule has 0 fully saturated rings. The lowest BCUT2D eigenvalue weighted by atomic mass is 10.0. The van der Waals surface area contributed by atoms with Crippen molar-refractivity contribution in [3.05, 3.63) is 98.4 Å². The third-order valence-corrected chi connectivity index (χ3v) is 7.43. The second-order valence-corrected chi connectivity index (χ2v) is 10.4. The first-order chi connectivity index (χ1) is 19.1. The predicted octanol–water partition coefficient (Wildman–Crippen LogP) is 7.72. The van der Waals surface area contributed by atoms with E-state index in [1.54, 1.807) is 30.3 Å². The van der Waals surface area contributed by atoms with Crippen molar-refractivity contribution in [1.82, 2.24) is 19.8 Å². The minimum atomic E-state index is -4.86. The van der Waals surface area contributed by atoms with Gasteiger partial charge in [0.1, 0.15) is 10.9 Å². The van der Waals surface area contributed by atoms with Crippen molar-refractivity contribution in [1.29, 1.82) is 0 Å². The van der Waals surface area contributed by atoms with Crippen molar-refractivity contribution in [2.45, 2.75) is 25.9 Å². The van der Waals surface area contributed by atoms with Crippen molar-refractivity contribution in [2.24, 2.45) is 0 Å². The Bertz CT molecular complexity index is 1600. The second-order valence-electron chi connectivity index (χ2n) is 9.19. The zero-order valence-electron chi connectivity index (χ0n) is 20.8. The standard InChI is InChI=1S/C28H22Cl3F3N4O2/c29-22-6-3-17(12-23(22)30)2-1-10-37-11-8-24-21(16-37)20-5-4-19(40-28(32,33)34)14-25(20)38(24)27(39)36-15-18-7-9-35-26(31)13-18/h1-7,9,12-14H,8,10-11,15-16H2,(H,36,39). The topological polar surface area (TPSA) is 59.4 Å². The third kappa shape index (κ3) is 6.55. The Kier molecular flexibility index (Phi) is 8.28. The molecule has 0 saturated heterocycles. The first-order valence-electron chi connectivity index (χ1n) is 12.2. The van der Waals surface area contributed by atoms with E-state index in [1.165, 1.54) is 22.9 Å². The van der Waals surface area contributed by atoms with Crippen LogP contribution in [-0.2, 0) is 19.5 Å². The zero-order chi connectivity index (χ0) is 28.4. The first-order valence-corrected chi connectivity index (χ1v) is 13.4. The van der Waals surface area contributed by atoms with Crippen LogP contribution in [0, 0.1) is 0 Å². The maximum atomic E-state index is 13.4. The van der Waals surface area contributed by atoms with Gasteiger partial charge in [0, 0.05) is 55.9 Å². The van der Waals surface area contributed by atoms with E-state index in [-0.39, 0.29) is 11.7 Å². The molecule has 1 aliphatic heterocycles. The van der Waals surface area contributed by atoms with Gasteiger partial charge < -0.3 is 10.1 Å². The Balaban J connectivity index is 1.42. The summed E-state index contributed by atoms with van der Waals surface area (Å²) < 4.78 is 44.4. The highest BCUT2D eigenvalue weighted by Crippen LogP contribution is 2.34. The van der Waals surface area contributed by atoms with Crippen LogP contribution >= 0.6 is 34.8 Å². The van der Waals surface area contributed by atoms with E-state index in [2.05, 4.69) is 19.9 Å². The molecule has 6 nitrogen and oxygen atoms in total. The molecule has 3 heterocycles. The van der Waals surface area contributed by atoms with Crippen LogP contribution in [0.4, 0.5) is 18.0 Å². The highest BCUT2D eigenvalue weighted by Gasteiger charge is 2.32. The van der Waals surface area contributed by atoms with Crippen molar-refractivity contribution < 1.29 is 22.7 Å². The minimum Gasteiger partial charge on any atom is -0.406 e. The molecule has 1 amide bonds. The van der Waals surface area contributed by atoms with E-state index >= 15 is 0 Å². The molecule has 1 N–H and O–H groups in total. The average Bonchev–Trinajstić information content (AvgIpc) is 3.21. The fraction of sp³-hybridized carbons (Fsp3) is 0.214. The van der Waals surface area contributed by atoms with Gasteiger partial charge in [-0.25, -0.2) is 9.78 Å². The van der Waals surface area contributed by atoms with Gasteiger partial charge in [0.05, 0.1) is 15.6 Å². The fourth-order valence-electron chi connectivity index (χ4n) is 4.74. The number of hydrogen-bond donors (Lipinski definition) is 1. The van der Waals surface area contributed by atoms with E-state index in [4.69, 9.17) is 34.8 Å². The number of rotatable bonds is 6. The lowest BCUT2D eigenvalue weighted by Crippen LogP contribution is -2.34. The number of fused-ring (bicyclic) bond motifs is 3. The maximum Gasteiger partial charge on any atom is 0.573 e. The fourth-order valence-corrected chi connectivity index (χ4v) is 5.24. The molecule has 0 spiro atoms. The van der Waals surface area contributed by atoms with E-state index < -0.39 is 18.1 Å². The molecule has 12 heteroatoms. The highest BCUT2D eigenvalue weighted by molar-refractivity contribution is 6.42. The van der Waals surface area contributed by atoms with Gasteiger partial charge in [-0.3, -0.25) is 9.47 Å². The van der Waals surface area contributed by atoms with E-state index in [0.717, 1.165) is 22.4 Å². The van der Waals surface area contributed by atoms with Gasteiger partial charge in [-0.1, -0.05) is 53.0 Å². The molecule has 0 aliphatic carbocycles. The molecular formula is C28H22Cl3F3N4O2. The summed E-state index contributed by atoms with van der Waals surface area (Å²) in [5.74, 6) is -0.397. The van der Waals surface area contributed by atoms with Crippen LogP contribution in [0.1, 0.15) is 22.4 Å². The Morgan fingerprint density at radius 1 is 1.07 bits per heavy atom. The molecule has 208 valence electrons. The number of ether oxygens (including phenoxy) is 1. The van der Waals surface area contributed by atoms with Gasteiger partial charge in [0.25, 0.3) is 0 Å². The van der Waals surface area contributed by atoms with Gasteiger partial charge in [0.2, 0.25) is 0 Å². The number of nitrogens with one attached hydrogen (secondary N) is 1. The largest absolute Gasteiger partial charge is 0.573 e. The van der Waals surface area contributed by atoms with Crippen molar-refractivity contribution in [3.63, 3.8) is 0 Å². The smallest absolute Gasteiger partial charge is 0.406 e. The number of halogens is 6. The molecule has 2 aromatic carbocycles. The van der Waals surface area contributed by atoms with Crippen LogP contribution in [0.25, 0.3) is 17.0 Å². The molecule has 2 aromatic heterocycles. The van der Waals surface area contributed by atoms with Crippen LogP contribution in [-0.4, -0.2) is 39.9 Å². The number of benzene rings is 2.